The van der Waals surface area contributed by atoms with Crippen LogP contribution in [0.1, 0.15) is 32.4 Å². The predicted octanol–water partition coefficient (Wildman–Crippen LogP) is 1.97. The number of nitrogens with zero attached hydrogens (tertiary/aromatic N) is 3. The van der Waals surface area contributed by atoms with E-state index >= 15 is 0 Å². The summed E-state index contributed by atoms with van der Waals surface area (Å²) in [5.74, 6) is 1.35. The molecule has 1 aromatic carbocycles. The predicted molar refractivity (Wildman–Crippen MR) is 137 cm³/mol. The molecule has 0 aromatic heterocycles. The third-order valence-electron chi connectivity index (χ3n) is 5.36. The molecule has 2 N–H and O–H groups in total. The van der Waals surface area contributed by atoms with Crippen LogP contribution in [0, 0.1) is 0 Å². The number of rotatable bonds is 10. The zero-order valence-corrected chi connectivity index (χ0v) is 21.7. The van der Waals surface area contributed by atoms with Crippen molar-refractivity contribution in [2.45, 2.75) is 26.8 Å². The van der Waals surface area contributed by atoms with Crippen molar-refractivity contribution >= 4 is 39.8 Å². The molecule has 1 atom stereocenters. The molecule has 0 saturated carbocycles. The highest BCUT2D eigenvalue weighted by atomic mass is 127. The quantitative estimate of drug-likeness (QED) is 0.263. The van der Waals surface area contributed by atoms with Crippen LogP contribution < -0.4 is 10.6 Å². The molecular formula is C21H38IN5O2S. The van der Waals surface area contributed by atoms with Gasteiger partial charge in [0.15, 0.2) is 15.8 Å². The zero-order chi connectivity index (χ0) is 21.1. The van der Waals surface area contributed by atoms with Crippen LogP contribution in [-0.4, -0.2) is 88.0 Å². The van der Waals surface area contributed by atoms with Crippen LogP contribution in [0.25, 0.3) is 0 Å². The molecule has 7 nitrogen and oxygen atoms in total. The molecule has 1 fully saturated rings. The summed E-state index contributed by atoms with van der Waals surface area (Å²) in [6, 6.07) is 10.8. The fourth-order valence-electron chi connectivity index (χ4n) is 3.60. The van der Waals surface area contributed by atoms with Gasteiger partial charge < -0.3 is 10.6 Å². The zero-order valence-electron chi connectivity index (χ0n) is 18.5. The first-order valence-electron chi connectivity index (χ1n) is 10.7. The number of likely N-dealkylation sites (N-methyl/N-ethyl adjacent to an activating group) is 1. The van der Waals surface area contributed by atoms with Gasteiger partial charge in [-0.2, -0.15) is 0 Å². The maximum Gasteiger partial charge on any atom is 0.191 e. The molecule has 30 heavy (non-hydrogen) atoms. The van der Waals surface area contributed by atoms with Crippen LogP contribution in [0.3, 0.4) is 0 Å². The Hall–Kier alpha value is -0.910. The second-order valence-corrected chi connectivity index (χ2v) is 9.59. The minimum Gasteiger partial charge on any atom is -0.357 e. The maximum atomic E-state index is 11.6. The van der Waals surface area contributed by atoms with Crippen molar-refractivity contribution in [2.75, 3.05) is 63.9 Å². The Morgan fingerprint density at radius 3 is 2.30 bits per heavy atom. The summed E-state index contributed by atoms with van der Waals surface area (Å²) in [5.41, 5.74) is 1.28. The van der Waals surface area contributed by atoms with Gasteiger partial charge in [0.25, 0.3) is 0 Å². The van der Waals surface area contributed by atoms with E-state index in [-0.39, 0.29) is 41.5 Å². The smallest absolute Gasteiger partial charge is 0.191 e. The van der Waals surface area contributed by atoms with Gasteiger partial charge in [-0.25, -0.2) is 8.42 Å². The van der Waals surface area contributed by atoms with Gasteiger partial charge >= 0.3 is 0 Å². The lowest BCUT2D eigenvalue weighted by atomic mass is 10.1. The molecule has 2 rings (SSSR count). The number of hydrogen-bond donors (Lipinski definition) is 2. The molecular weight excluding hydrogens is 513 g/mol. The van der Waals surface area contributed by atoms with Crippen LogP contribution in [0.4, 0.5) is 0 Å². The number of hydrogen-bond acceptors (Lipinski definition) is 5. The Kier molecular flexibility index (Phi) is 12.8. The van der Waals surface area contributed by atoms with Gasteiger partial charge in [-0.3, -0.25) is 14.8 Å². The van der Waals surface area contributed by atoms with Crippen LogP contribution >= 0.6 is 24.0 Å². The third kappa shape index (κ3) is 9.07. The van der Waals surface area contributed by atoms with Crippen LogP contribution in [0.15, 0.2) is 35.3 Å². The lowest BCUT2D eigenvalue weighted by Gasteiger charge is -2.29. The van der Waals surface area contributed by atoms with E-state index in [9.17, 15) is 8.42 Å². The van der Waals surface area contributed by atoms with Gasteiger partial charge in [-0.15, -0.1) is 24.0 Å². The van der Waals surface area contributed by atoms with Crippen molar-refractivity contribution in [2.24, 2.45) is 4.99 Å². The summed E-state index contributed by atoms with van der Waals surface area (Å²) >= 11 is 0. The first-order valence-corrected chi connectivity index (χ1v) is 12.5. The third-order valence-corrected chi connectivity index (χ3v) is 6.97. The highest BCUT2D eigenvalue weighted by Crippen LogP contribution is 2.20. The lowest BCUT2D eigenvalue weighted by molar-refractivity contribution is 0.224. The van der Waals surface area contributed by atoms with Gasteiger partial charge in [0.2, 0.25) is 0 Å². The van der Waals surface area contributed by atoms with Crippen molar-refractivity contribution < 1.29 is 8.42 Å². The Morgan fingerprint density at radius 1 is 1.10 bits per heavy atom. The summed E-state index contributed by atoms with van der Waals surface area (Å²) in [6.45, 7) is 12.7. The minimum atomic E-state index is -2.83. The normalized spacial score (nSPS) is 17.9. The molecule has 1 aromatic rings. The standard InChI is InChI=1S/C21H37N5O2S.HI/c1-4-22-21(23-12-13-25-14-16-29(27,28)17-15-25)24-18-20(26(5-2)6-3)19-10-8-7-9-11-19;/h7-11,20H,4-6,12-18H2,1-3H3,(H2,22,23,24);1H. The van der Waals surface area contributed by atoms with E-state index in [2.05, 4.69) is 65.5 Å². The largest absolute Gasteiger partial charge is 0.357 e. The van der Waals surface area contributed by atoms with Gasteiger partial charge in [0.1, 0.15) is 0 Å². The van der Waals surface area contributed by atoms with E-state index in [0.717, 1.165) is 38.7 Å². The van der Waals surface area contributed by atoms with Crippen LogP contribution in [-0.2, 0) is 9.84 Å². The summed E-state index contributed by atoms with van der Waals surface area (Å²) in [4.78, 5) is 9.47. The number of nitrogens with one attached hydrogen (secondary N) is 2. The molecule has 0 radical (unpaired) electrons. The monoisotopic (exact) mass is 551 g/mol. The number of benzene rings is 1. The summed E-state index contributed by atoms with van der Waals surface area (Å²) in [7, 11) is -2.83. The minimum absolute atomic E-state index is 0. The van der Waals surface area contributed by atoms with Crippen molar-refractivity contribution in [1.82, 2.24) is 20.4 Å². The average molecular weight is 552 g/mol. The van der Waals surface area contributed by atoms with Crippen molar-refractivity contribution in [3.05, 3.63) is 35.9 Å². The molecule has 1 aliphatic rings. The number of aliphatic imine (C=N–C) groups is 1. The van der Waals surface area contributed by atoms with E-state index in [4.69, 9.17) is 4.99 Å². The summed E-state index contributed by atoms with van der Waals surface area (Å²) < 4.78 is 23.1. The van der Waals surface area contributed by atoms with Crippen molar-refractivity contribution in [3.8, 4) is 0 Å². The highest BCUT2D eigenvalue weighted by molar-refractivity contribution is 14.0. The van der Waals surface area contributed by atoms with Crippen LogP contribution in [0.2, 0.25) is 0 Å². The second-order valence-electron chi connectivity index (χ2n) is 7.29. The molecule has 9 heteroatoms. The fourth-order valence-corrected chi connectivity index (χ4v) is 4.87. The Balaban J connectivity index is 0.00000450. The summed E-state index contributed by atoms with van der Waals surface area (Å²) in [5, 5.41) is 6.72. The molecule has 1 unspecified atom stereocenters. The van der Waals surface area contributed by atoms with E-state index in [0.29, 0.717) is 19.6 Å². The molecule has 0 amide bonds. The SMILES string of the molecule is CCNC(=NCC(c1ccccc1)N(CC)CC)NCCN1CCS(=O)(=O)CC1.I. The topological polar surface area (TPSA) is 77.0 Å². The Labute approximate surface area is 199 Å². The highest BCUT2D eigenvalue weighted by Gasteiger charge is 2.21. The van der Waals surface area contributed by atoms with Crippen molar-refractivity contribution in [1.29, 1.82) is 0 Å². The van der Waals surface area contributed by atoms with Gasteiger partial charge in [0, 0.05) is 32.7 Å². The molecule has 0 spiro atoms. The fraction of sp³-hybridized carbons (Fsp3) is 0.667. The molecule has 1 aliphatic heterocycles. The van der Waals surface area contributed by atoms with Crippen molar-refractivity contribution in [3.63, 3.8) is 0 Å². The van der Waals surface area contributed by atoms with E-state index in [1.807, 2.05) is 6.07 Å². The molecule has 0 bridgehead atoms. The number of guanidine groups is 1. The molecule has 1 heterocycles. The number of halogens is 1. The first kappa shape index (κ1) is 27.1. The van der Waals surface area contributed by atoms with Gasteiger partial charge in [-0.1, -0.05) is 44.2 Å². The first-order chi connectivity index (χ1) is 14.0. The maximum absolute atomic E-state index is 11.6. The van der Waals surface area contributed by atoms with E-state index < -0.39 is 9.84 Å². The van der Waals surface area contributed by atoms with E-state index in [1.54, 1.807) is 0 Å². The number of sulfone groups is 1. The molecule has 1 saturated heterocycles. The lowest BCUT2D eigenvalue weighted by Crippen LogP contribution is -2.46. The molecule has 172 valence electrons. The molecule has 0 aliphatic carbocycles. The Bertz CT molecular complexity index is 712. The second kappa shape index (κ2) is 14.2. The average Bonchev–Trinajstić information content (AvgIpc) is 2.72. The summed E-state index contributed by atoms with van der Waals surface area (Å²) in [6.07, 6.45) is 0. The van der Waals surface area contributed by atoms with Gasteiger partial charge in [-0.05, 0) is 25.6 Å². The van der Waals surface area contributed by atoms with Gasteiger partial charge in [0.05, 0.1) is 24.1 Å². The Morgan fingerprint density at radius 2 is 1.73 bits per heavy atom. The van der Waals surface area contributed by atoms with Crippen LogP contribution in [0.5, 0.6) is 0 Å². The van der Waals surface area contributed by atoms with E-state index in [1.165, 1.54) is 5.56 Å².